The summed E-state index contributed by atoms with van der Waals surface area (Å²) < 4.78 is 27.2. The van der Waals surface area contributed by atoms with Crippen LogP contribution in [0, 0.1) is 0 Å². The molecule has 4 aromatic rings. The molecule has 7 nitrogen and oxygen atoms in total. The highest BCUT2D eigenvalue weighted by atomic mass is 32.2. The number of likely N-dealkylation sites (N-methyl/N-ethyl adjacent to an activating group) is 1. The quantitative estimate of drug-likeness (QED) is 0.337. The van der Waals surface area contributed by atoms with E-state index in [4.69, 9.17) is 0 Å². The molecule has 0 aliphatic heterocycles. The summed E-state index contributed by atoms with van der Waals surface area (Å²) in [6.07, 6.45) is 1.37. The Labute approximate surface area is 223 Å². The van der Waals surface area contributed by atoms with Crippen LogP contribution in [0.25, 0.3) is 10.8 Å². The molecule has 0 bridgehead atoms. The third-order valence-electron chi connectivity index (χ3n) is 6.43. The van der Waals surface area contributed by atoms with Gasteiger partial charge in [0.05, 0.1) is 11.9 Å². The van der Waals surface area contributed by atoms with Crippen LogP contribution in [0.2, 0.25) is 0 Å². The zero-order valence-corrected chi connectivity index (χ0v) is 22.3. The van der Waals surface area contributed by atoms with Crippen LogP contribution in [0.1, 0.15) is 11.1 Å². The first-order valence-corrected chi connectivity index (χ1v) is 14.2. The van der Waals surface area contributed by atoms with Gasteiger partial charge in [0.2, 0.25) is 21.8 Å². The van der Waals surface area contributed by atoms with Crippen LogP contribution in [-0.2, 0) is 32.6 Å². The summed E-state index contributed by atoms with van der Waals surface area (Å²) in [5, 5.41) is 4.26. The number of nitrogens with one attached hydrogen (secondary N) is 1. The van der Waals surface area contributed by atoms with Gasteiger partial charge in [-0.15, -0.1) is 0 Å². The Morgan fingerprint density at radius 1 is 0.789 bits per heavy atom. The fourth-order valence-corrected chi connectivity index (χ4v) is 5.38. The lowest BCUT2D eigenvalue weighted by Crippen LogP contribution is -2.52. The van der Waals surface area contributed by atoms with E-state index in [1.165, 1.54) is 11.9 Å². The highest BCUT2D eigenvalue weighted by Gasteiger charge is 2.32. The average Bonchev–Trinajstić information content (AvgIpc) is 2.93. The number of anilines is 1. The standard InChI is InChI=1S/C30H31N3O4S/c1-31-30(35)28(20-23-12-5-3-6-13-23)32(21-24-14-7-4-8-15-24)29(34)22-33(38(2,36)37)27-19-11-17-25-16-9-10-18-26(25)27/h3-19,28H,20-22H2,1-2H3,(H,31,35)/t28-/m1/s1. The second-order valence-corrected chi connectivity index (χ2v) is 11.0. The minimum Gasteiger partial charge on any atom is -0.357 e. The first-order chi connectivity index (χ1) is 18.3. The highest BCUT2D eigenvalue weighted by Crippen LogP contribution is 2.29. The molecular formula is C30H31N3O4S. The van der Waals surface area contributed by atoms with Crippen molar-refractivity contribution in [3.8, 4) is 0 Å². The van der Waals surface area contributed by atoms with Gasteiger partial charge in [0.15, 0.2) is 0 Å². The molecule has 2 amide bonds. The maximum atomic E-state index is 14.0. The molecule has 0 saturated carbocycles. The topological polar surface area (TPSA) is 86.8 Å². The number of fused-ring (bicyclic) bond motifs is 1. The Kier molecular flexibility index (Phi) is 8.43. The van der Waals surface area contributed by atoms with Crippen LogP contribution >= 0.6 is 0 Å². The second kappa shape index (κ2) is 11.9. The molecule has 0 saturated heterocycles. The third kappa shape index (κ3) is 6.39. The van der Waals surface area contributed by atoms with E-state index in [0.29, 0.717) is 5.69 Å². The summed E-state index contributed by atoms with van der Waals surface area (Å²) in [6.45, 7) is -0.292. The molecule has 0 aromatic heterocycles. The number of nitrogens with zero attached hydrogens (tertiary/aromatic N) is 2. The molecule has 0 spiro atoms. The van der Waals surface area contributed by atoms with Crippen molar-refractivity contribution in [1.82, 2.24) is 10.2 Å². The van der Waals surface area contributed by atoms with E-state index in [9.17, 15) is 18.0 Å². The van der Waals surface area contributed by atoms with E-state index >= 15 is 0 Å². The average molecular weight is 530 g/mol. The summed E-state index contributed by atoms with van der Waals surface area (Å²) in [5.41, 5.74) is 2.14. The SMILES string of the molecule is CNC(=O)[C@@H](Cc1ccccc1)N(Cc1ccccc1)C(=O)CN(c1cccc2ccccc12)S(C)(=O)=O. The number of rotatable bonds is 10. The lowest BCUT2D eigenvalue weighted by Gasteiger charge is -2.33. The number of hydrogen-bond acceptors (Lipinski definition) is 4. The predicted octanol–water partition coefficient (Wildman–Crippen LogP) is 3.99. The van der Waals surface area contributed by atoms with Crippen LogP contribution in [0.5, 0.6) is 0 Å². The van der Waals surface area contributed by atoms with Crippen LogP contribution in [0.4, 0.5) is 5.69 Å². The van der Waals surface area contributed by atoms with E-state index in [1.807, 2.05) is 91.0 Å². The molecule has 8 heteroatoms. The number of hydrogen-bond donors (Lipinski definition) is 1. The van der Waals surface area contributed by atoms with Gasteiger partial charge >= 0.3 is 0 Å². The predicted molar refractivity (Wildman–Crippen MR) is 151 cm³/mol. The monoisotopic (exact) mass is 529 g/mol. The third-order valence-corrected chi connectivity index (χ3v) is 7.55. The Balaban J connectivity index is 1.75. The number of sulfonamides is 1. The minimum absolute atomic E-state index is 0.151. The fraction of sp³-hybridized carbons (Fsp3) is 0.200. The Bertz CT molecular complexity index is 1500. The first kappa shape index (κ1) is 26.9. The van der Waals surface area contributed by atoms with Crippen molar-refractivity contribution >= 4 is 38.3 Å². The molecule has 38 heavy (non-hydrogen) atoms. The Morgan fingerprint density at radius 2 is 1.37 bits per heavy atom. The van der Waals surface area contributed by atoms with E-state index in [1.54, 1.807) is 12.1 Å². The second-order valence-electron chi connectivity index (χ2n) is 9.09. The van der Waals surface area contributed by atoms with Crippen molar-refractivity contribution in [2.24, 2.45) is 0 Å². The van der Waals surface area contributed by atoms with Crippen LogP contribution in [-0.4, -0.2) is 51.0 Å². The van der Waals surface area contributed by atoms with Crippen LogP contribution < -0.4 is 9.62 Å². The molecule has 0 aliphatic carbocycles. The molecule has 0 radical (unpaired) electrons. The summed E-state index contributed by atoms with van der Waals surface area (Å²) >= 11 is 0. The molecule has 0 fully saturated rings. The summed E-state index contributed by atoms with van der Waals surface area (Å²) in [4.78, 5) is 28.6. The molecule has 0 aliphatic rings. The van der Waals surface area contributed by atoms with E-state index in [-0.39, 0.29) is 18.9 Å². The van der Waals surface area contributed by atoms with Gasteiger partial charge in [0.1, 0.15) is 12.6 Å². The summed E-state index contributed by atoms with van der Waals surface area (Å²) in [5.74, 6) is -0.800. The zero-order valence-electron chi connectivity index (χ0n) is 21.4. The molecule has 196 valence electrons. The lowest BCUT2D eigenvalue weighted by molar-refractivity contribution is -0.139. The van der Waals surface area contributed by atoms with Crippen molar-refractivity contribution in [2.45, 2.75) is 19.0 Å². The van der Waals surface area contributed by atoms with E-state index in [2.05, 4.69) is 5.32 Å². The number of carbonyl (C=O) groups excluding carboxylic acids is 2. The van der Waals surface area contributed by atoms with Gasteiger partial charge in [-0.05, 0) is 22.6 Å². The smallest absolute Gasteiger partial charge is 0.244 e. The van der Waals surface area contributed by atoms with Crippen LogP contribution in [0.15, 0.2) is 103 Å². The molecule has 1 atom stereocenters. The molecule has 0 unspecified atom stereocenters. The van der Waals surface area contributed by atoms with Crippen molar-refractivity contribution in [3.63, 3.8) is 0 Å². The van der Waals surface area contributed by atoms with Crippen molar-refractivity contribution in [3.05, 3.63) is 114 Å². The van der Waals surface area contributed by atoms with Gasteiger partial charge in [-0.25, -0.2) is 8.42 Å². The maximum absolute atomic E-state index is 14.0. The number of carbonyl (C=O) groups is 2. The molecule has 1 N–H and O–H groups in total. The maximum Gasteiger partial charge on any atom is 0.244 e. The normalized spacial score (nSPS) is 12.1. The summed E-state index contributed by atoms with van der Waals surface area (Å²) in [6, 6.07) is 30.8. The van der Waals surface area contributed by atoms with E-state index in [0.717, 1.165) is 32.5 Å². The minimum atomic E-state index is -3.84. The van der Waals surface area contributed by atoms with Gasteiger partial charge in [-0.1, -0.05) is 97.1 Å². The first-order valence-electron chi connectivity index (χ1n) is 12.3. The van der Waals surface area contributed by atoms with E-state index < -0.39 is 28.5 Å². The lowest BCUT2D eigenvalue weighted by atomic mass is 10.0. The van der Waals surface area contributed by atoms with Gasteiger partial charge in [-0.3, -0.25) is 13.9 Å². The largest absolute Gasteiger partial charge is 0.357 e. The highest BCUT2D eigenvalue weighted by molar-refractivity contribution is 7.92. The molecular weight excluding hydrogens is 498 g/mol. The fourth-order valence-electron chi connectivity index (χ4n) is 4.52. The van der Waals surface area contributed by atoms with Crippen molar-refractivity contribution < 1.29 is 18.0 Å². The van der Waals surface area contributed by atoms with Gasteiger partial charge in [-0.2, -0.15) is 0 Å². The molecule has 0 heterocycles. The Hall–Kier alpha value is -4.17. The van der Waals surface area contributed by atoms with Crippen molar-refractivity contribution in [2.75, 3.05) is 24.2 Å². The molecule has 4 aromatic carbocycles. The van der Waals surface area contributed by atoms with Gasteiger partial charge in [0.25, 0.3) is 0 Å². The molecule has 4 rings (SSSR count). The summed E-state index contributed by atoms with van der Waals surface area (Å²) in [7, 11) is -2.30. The van der Waals surface area contributed by atoms with Gasteiger partial charge in [0, 0.05) is 25.4 Å². The van der Waals surface area contributed by atoms with Gasteiger partial charge < -0.3 is 10.2 Å². The number of amides is 2. The number of benzene rings is 4. The van der Waals surface area contributed by atoms with Crippen LogP contribution in [0.3, 0.4) is 0 Å². The Morgan fingerprint density at radius 3 is 2.00 bits per heavy atom. The zero-order chi connectivity index (χ0) is 27.1. The van der Waals surface area contributed by atoms with Crippen molar-refractivity contribution in [1.29, 1.82) is 0 Å².